The molecule has 1 aliphatic rings. The van der Waals surface area contributed by atoms with E-state index in [1.54, 1.807) is 47.4 Å². The molecule has 0 aromatic heterocycles. The lowest BCUT2D eigenvalue weighted by Gasteiger charge is -2.38. The highest BCUT2D eigenvalue weighted by atomic mass is 16.5. The van der Waals surface area contributed by atoms with E-state index in [0.29, 0.717) is 48.1 Å². The minimum Gasteiger partial charge on any atom is -0.495 e. The van der Waals surface area contributed by atoms with Crippen molar-refractivity contribution in [2.75, 3.05) is 43.3 Å². The first-order chi connectivity index (χ1) is 15.4. The SMILES string of the molecule is C=CC(=O)N1CC(CC(=O)Nc2ccc(OC)c(NC(=O)Nc3ccccc3OC)c2)C1. The van der Waals surface area contributed by atoms with Crippen molar-refractivity contribution in [3.63, 3.8) is 0 Å². The summed E-state index contributed by atoms with van der Waals surface area (Å²) >= 11 is 0. The lowest BCUT2D eigenvalue weighted by atomic mass is 9.96. The van der Waals surface area contributed by atoms with Gasteiger partial charge in [-0.25, -0.2) is 4.79 Å². The van der Waals surface area contributed by atoms with Crippen LogP contribution in [0, 0.1) is 5.92 Å². The Bertz CT molecular complexity index is 1020. The van der Waals surface area contributed by atoms with Crippen LogP contribution in [0.1, 0.15) is 6.42 Å². The number of carbonyl (C=O) groups is 3. The molecule has 1 heterocycles. The van der Waals surface area contributed by atoms with Crippen LogP contribution in [0.2, 0.25) is 0 Å². The average Bonchev–Trinajstić information content (AvgIpc) is 2.76. The Labute approximate surface area is 186 Å². The Kier molecular flexibility index (Phi) is 7.33. The van der Waals surface area contributed by atoms with E-state index in [1.807, 2.05) is 0 Å². The molecule has 2 aromatic rings. The van der Waals surface area contributed by atoms with Gasteiger partial charge in [0.15, 0.2) is 0 Å². The van der Waals surface area contributed by atoms with Crippen LogP contribution >= 0.6 is 0 Å². The third-order valence-electron chi connectivity index (χ3n) is 5.00. The fourth-order valence-corrected chi connectivity index (χ4v) is 3.39. The topological polar surface area (TPSA) is 109 Å². The van der Waals surface area contributed by atoms with Gasteiger partial charge in [-0.05, 0) is 36.4 Å². The third kappa shape index (κ3) is 5.57. The Balaban J connectivity index is 1.60. The average molecular weight is 438 g/mol. The summed E-state index contributed by atoms with van der Waals surface area (Å²) in [6.07, 6.45) is 1.57. The van der Waals surface area contributed by atoms with Gasteiger partial charge >= 0.3 is 6.03 Å². The lowest BCUT2D eigenvalue weighted by Crippen LogP contribution is -2.50. The number of methoxy groups -OCH3 is 2. The number of urea groups is 1. The van der Waals surface area contributed by atoms with E-state index in [0.717, 1.165) is 0 Å². The van der Waals surface area contributed by atoms with Crippen molar-refractivity contribution in [2.45, 2.75) is 6.42 Å². The van der Waals surface area contributed by atoms with Crippen LogP contribution in [0.4, 0.5) is 21.9 Å². The molecule has 32 heavy (non-hydrogen) atoms. The molecule has 4 amide bonds. The van der Waals surface area contributed by atoms with Crippen LogP contribution in [-0.4, -0.2) is 50.1 Å². The fourth-order valence-electron chi connectivity index (χ4n) is 3.39. The van der Waals surface area contributed by atoms with Crippen molar-refractivity contribution >= 4 is 34.9 Å². The number of carbonyl (C=O) groups excluding carboxylic acids is 3. The van der Waals surface area contributed by atoms with Crippen LogP contribution in [0.5, 0.6) is 11.5 Å². The predicted octanol–water partition coefficient (Wildman–Crippen LogP) is 3.32. The number of anilines is 3. The van der Waals surface area contributed by atoms with E-state index in [-0.39, 0.29) is 17.7 Å². The van der Waals surface area contributed by atoms with Gasteiger partial charge in [-0.15, -0.1) is 0 Å². The summed E-state index contributed by atoms with van der Waals surface area (Å²) < 4.78 is 10.5. The van der Waals surface area contributed by atoms with E-state index >= 15 is 0 Å². The van der Waals surface area contributed by atoms with E-state index in [1.165, 1.54) is 20.3 Å². The van der Waals surface area contributed by atoms with Gasteiger partial charge in [0.1, 0.15) is 11.5 Å². The first kappa shape index (κ1) is 22.7. The normalized spacial score (nSPS) is 12.9. The molecule has 1 aliphatic heterocycles. The van der Waals surface area contributed by atoms with Crippen LogP contribution < -0.4 is 25.4 Å². The van der Waals surface area contributed by atoms with Gasteiger partial charge < -0.3 is 30.3 Å². The van der Waals surface area contributed by atoms with E-state index in [9.17, 15) is 14.4 Å². The molecule has 9 heteroatoms. The zero-order valence-electron chi connectivity index (χ0n) is 18.0. The predicted molar refractivity (Wildman–Crippen MR) is 122 cm³/mol. The molecule has 3 N–H and O–H groups in total. The van der Waals surface area contributed by atoms with Crippen molar-refractivity contribution in [1.82, 2.24) is 4.90 Å². The van der Waals surface area contributed by atoms with Gasteiger partial charge in [-0.2, -0.15) is 0 Å². The summed E-state index contributed by atoms with van der Waals surface area (Å²) in [5, 5.41) is 8.27. The molecular weight excluding hydrogens is 412 g/mol. The second-order valence-electron chi connectivity index (χ2n) is 7.26. The minimum atomic E-state index is -0.488. The molecule has 1 saturated heterocycles. The van der Waals surface area contributed by atoms with Gasteiger partial charge in [-0.1, -0.05) is 18.7 Å². The third-order valence-corrected chi connectivity index (χ3v) is 5.00. The quantitative estimate of drug-likeness (QED) is 0.548. The van der Waals surface area contributed by atoms with Crippen LogP contribution in [0.25, 0.3) is 0 Å². The van der Waals surface area contributed by atoms with Crippen LogP contribution in [0.3, 0.4) is 0 Å². The maximum absolute atomic E-state index is 12.5. The molecule has 9 nitrogen and oxygen atoms in total. The molecule has 168 valence electrons. The Hall–Kier alpha value is -4.01. The zero-order chi connectivity index (χ0) is 23.1. The van der Waals surface area contributed by atoms with Crippen molar-refractivity contribution < 1.29 is 23.9 Å². The molecule has 0 radical (unpaired) electrons. The van der Waals surface area contributed by atoms with E-state index in [2.05, 4.69) is 22.5 Å². The summed E-state index contributed by atoms with van der Waals surface area (Å²) in [6.45, 7) is 4.54. The first-order valence-electron chi connectivity index (χ1n) is 10.0. The number of rotatable bonds is 8. The number of nitrogens with zero attached hydrogens (tertiary/aromatic N) is 1. The van der Waals surface area contributed by atoms with Crippen molar-refractivity contribution in [3.8, 4) is 11.5 Å². The molecule has 0 atom stereocenters. The van der Waals surface area contributed by atoms with Gasteiger partial charge in [0.2, 0.25) is 11.8 Å². The van der Waals surface area contributed by atoms with Gasteiger partial charge in [0.25, 0.3) is 0 Å². The second kappa shape index (κ2) is 10.3. The minimum absolute atomic E-state index is 0.112. The van der Waals surface area contributed by atoms with Crippen molar-refractivity contribution in [2.24, 2.45) is 5.92 Å². The largest absolute Gasteiger partial charge is 0.495 e. The highest BCUT2D eigenvalue weighted by molar-refractivity contribution is 6.02. The van der Waals surface area contributed by atoms with Gasteiger partial charge in [0, 0.05) is 31.1 Å². The number of likely N-dealkylation sites (tertiary alicyclic amines) is 1. The Morgan fingerprint density at radius 1 is 1.00 bits per heavy atom. The van der Waals surface area contributed by atoms with Crippen molar-refractivity contribution in [1.29, 1.82) is 0 Å². The number of para-hydroxylation sites is 2. The summed E-state index contributed by atoms with van der Waals surface area (Å²) in [4.78, 5) is 38.0. The van der Waals surface area contributed by atoms with Crippen LogP contribution in [0.15, 0.2) is 55.1 Å². The standard InChI is InChI=1S/C23H26N4O5/c1-4-22(29)27-13-15(14-27)11-21(28)24-16-9-10-20(32-3)18(12-16)26-23(30)25-17-7-5-6-8-19(17)31-2/h4-10,12,15H,1,11,13-14H2,2-3H3,(H,24,28)(H2,25,26,30). The first-order valence-corrected chi connectivity index (χ1v) is 10.0. The molecule has 3 rings (SSSR count). The van der Waals surface area contributed by atoms with E-state index in [4.69, 9.17) is 9.47 Å². The summed E-state index contributed by atoms with van der Waals surface area (Å²) in [5.41, 5.74) is 1.42. The number of nitrogens with one attached hydrogen (secondary N) is 3. The molecule has 0 bridgehead atoms. The number of ether oxygens (including phenoxy) is 2. The molecule has 1 fully saturated rings. The summed E-state index contributed by atoms with van der Waals surface area (Å²) in [7, 11) is 3.01. The van der Waals surface area contributed by atoms with Crippen LogP contribution in [-0.2, 0) is 9.59 Å². The highest BCUT2D eigenvalue weighted by Crippen LogP contribution is 2.29. The Morgan fingerprint density at radius 2 is 1.66 bits per heavy atom. The molecule has 0 aliphatic carbocycles. The Morgan fingerprint density at radius 3 is 2.34 bits per heavy atom. The molecule has 0 saturated carbocycles. The highest BCUT2D eigenvalue weighted by Gasteiger charge is 2.30. The smallest absolute Gasteiger partial charge is 0.323 e. The maximum atomic E-state index is 12.5. The number of amides is 4. The monoisotopic (exact) mass is 438 g/mol. The lowest BCUT2D eigenvalue weighted by molar-refractivity contribution is -0.134. The second-order valence-corrected chi connectivity index (χ2v) is 7.26. The number of benzene rings is 2. The molecule has 2 aromatic carbocycles. The molecule has 0 spiro atoms. The summed E-state index contributed by atoms with van der Waals surface area (Å²) in [5.74, 6) is 0.784. The van der Waals surface area contributed by atoms with E-state index < -0.39 is 6.03 Å². The number of hydrogen-bond donors (Lipinski definition) is 3. The number of hydrogen-bond acceptors (Lipinski definition) is 5. The maximum Gasteiger partial charge on any atom is 0.323 e. The van der Waals surface area contributed by atoms with Gasteiger partial charge in [-0.3, -0.25) is 9.59 Å². The zero-order valence-corrected chi connectivity index (χ0v) is 18.0. The molecule has 0 unspecified atom stereocenters. The molecular formula is C23H26N4O5. The fraction of sp³-hybridized carbons (Fsp3) is 0.261. The van der Waals surface area contributed by atoms with Crippen molar-refractivity contribution in [3.05, 3.63) is 55.1 Å². The van der Waals surface area contributed by atoms with Gasteiger partial charge in [0.05, 0.1) is 25.6 Å². The summed E-state index contributed by atoms with van der Waals surface area (Å²) in [6, 6.07) is 11.5.